The van der Waals surface area contributed by atoms with E-state index in [0.717, 1.165) is 19.3 Å². The van der Waals surface area contributed by atoms with Crippen molar-refractivity contribution in [2.45, 2.75) is 39.2 Å². The summed E-state index contributed by atoms with van der Waals surface area (Å²) in [6.45, 7) is 5.87. The molecule has 1 atom stereocenters. The first-order chi connectivity index (χ1) is 14.0. The largest absolute Gasteiger partial charge is 0.491 e. The number of hydrogen-bond acceptors (Lipinski definition) is 4. The van der Waals surface area contributed by atoms with Crippen molar-refractivity contribution in [1.82, 2.24) is 20.0 Å². The number of nitrogens with zero attached hydrogens (tertiary/aromatic N) is 3. The number of aromatic nitrogens is 2. The fraction of sp³-hybridized carbons (Fsp3) is 0.500. The Labute approximate surface area is 172 Å². The Kier molecular flexibility index (Phi) is 6.90. The molecule has 7 heteroatoms. The number of rotatable bonds is 3. The first kappa shape index (κ1) is 20.9. The fourth-order valence-electron chi connectivity index (χ4n) is 3.70. The van der Waals surface area contributed by atoms with Crippen LogP contribution in [0.4, 0.5) is 0 Å². The first-order valence-corrected chi connectivity index (χ1v) is 10.2. The van der Waals surface area contributed by atoms with E-state index in [-0.39, 0.29) is 17.9 Å². The lowest BCUT2D eigenvalue weighted by Gasteiger charge is -2.33. The summed E-state index contributed by atoms with van der Waals surface area (Å²) in [6.07, 6.45) is 4.05. The van der Waals surface area contributed by atoms with Crippen LogP contribution >= 0.6 is 0 Å². The molecule has 7 nitrogen and oxygen atoms in total. The van der Waals surface area contributed by atoms with Crippen molar-refractivity contribution in [1.29, 1.82) is 0 Å². The van der Waals surface area contributed by atoms with Crippen LogP contribution in [0.15, 0.2) is 36.5 Å². The third-order valence-corrected chi connectivity index (χ3v) is 5.21. The average Bonchev–Trinajstić information content (AvgIpc) is 3.24. The summed E-state index contributed by atoms with van der Waals surface area (Å²) < 4.78 is 6.12. The molecule has 0 saturated heterocycles. The van der Waals surface area contributed by atoms with Crippen LogP contribution in [0.3, 0.4) is 0 Å². The number of aromatic amines is 1. The van der Waals surface area contributed by atoms with Crippen molar-refractivity contribution in [3.8, 4) is 5.75 Å². The first-order valence-electron chi connectivity index (χ1n) is 10.2. The number of nitrogens with one attached hydrogen (secondary N) is 1. The molecule has 2 heterocycles. The molecule has 2 aromatic rings. The van der Waals surface area contributed by atoms with Gasteiger partial charge in [-0.1, -0.05) is 26.0 Å². The molecule has 0 bridgehead atoms. The Morgan fingerprint density at radius 3 is 2.72 bits per heavy atom. The van der Waals surface area contributed by atoms with Crippen LogP contribution in [-0.4, -0.2) is 64.6 Å². The fourth-order valence-corrected chi connectivity index (χ4v) is 3.70. The minimum Gasteiger partial charge on any atom is -0.491 e. The molecule has 29 heavy (non-hydrogen) atoms. The van der Waals surface area contributed by atoms with Crippen molar-refractivity contribution in [2.24, 2.45) is 5.92 Å². The van der Waals surface area contributed by atoms with Gasteiger partial charge in [-0.3, -0.25) is 14.7 Å². The second-order valence-corrected chi connectivity index (χ2v) is 7.99. The van der Waals surface area contributed by atoms with Crippen LogP contribution in [0.5, 0.6) is 5.75 Å². The maximum atomic E-state index is 13.2. The SMILES string of the molecule is CC(C)C[C@H]1COc2ccccc2C(=O)N(C)CCCCN1C(=O)c1ccn[nH]1. The third-order valence-electron chi connectivity index (χ3n) is 5.21. The van der Waals surface area contributed by atoms with E-state index in [1.165, 1.54) is 0 Å². The number of amides is 2. The van der Waals surface area contributed by atoms with E-state index in [9.17, 15) is 9.59 Å². The molecule has 1 aromatic carbocycles. The highest BCUT2D eigenvalue weighted by Crippen LogP contribution is 2.23. The predicted octanol–water partition coefficient (Wildman–Crippen LogP) is 3.21. The van der Waals surface area contributed by atoms with E-state index in [1.807, 2.05) is 23.1 Å². The maximum Gasteiger partial charge on any atom is 0.272 e. The number of carbonyl (C=O) groups excluding carboxylic acids is 2. The summed E-state index contributed by atoms with van der Waals surface area (Å²) >= 11 is 0. The van der Waals surface area contributed by atoms with Gasteiger partial charge in [-0.25, -0.2) is 0 Å². The molecule has 0 unspecified atom stereocenters. The van der Waals surface area contributed by atoms with Crippen LogP contribution in [0, 0.1) is 5.92 Å². The Hall–Kier alpha value is -2.83. The van der Waals surface area contributed by atoms with E-state index in [1.54, 1.807) is 30.3 Å². The highest BCUT2D eigenvalue weighted by atomic mass is 16.5. The van der Waals surface area contributed by atoms with Crippen LogP contribution in [-0.2, 0) is 0 Å². The zero-order chi connectivity index (χ0) is 20.8. The minimum atomic E-state index is -0.0916. The zero-order valence-electron chi connectivity index (χ0n) is 17.4. The summed E-state index contributed by atoms with van der Waals surface area (Å²) in [4.78, 5) is 29.6. The van der Waals surface area contributed by atoms with E-state index < -0.39 is 0 Å². The van der Waals surface area contributed by atoms with Gasteiger partial charge in [0.05, 0.1) is 11.6 Å². The third kappa shape index (κ3) is 5.16. The number of carbonyl (C=O) groups is 2. The monoisotopic (exact) mass is 398 g/mol. The number of benzene rings is 1. The lowest BCUT2D eigenvalue weighted by Crippen LogP contribution is -2.45. The molecule has 1 aliphatic heterocycles. The van der Waals surface area contributed by atoms with Crippen LogP contribution in [0.25, 0.3) is 0 Å². The number of para-hydroxylation sites is 1. The van der Waals surface area contributed by atoms with Crippen molar-refractivity contribution in [3.63, 3.8) is 0 Å². The van der Waals surface area contributed by atoms with Gasteiger partial charge in [-0.05, 0) is 43.4 Å². The quantitative estimate of drug-likeness (QED) is 0.861. The van der Waals surface area contributed by atoms with E-state index >= 15 is 0 Å². The number of H-pyrrole nitrogens is 1. The summed E-state index contributed by atoms with van der Waals surface area (Å²) in [5.41, 5.74) is 1.05. The van der Waals surface area contributed by atoms with Crippen molar-refractivity contribution in [2.75, 3.05) is 26.7 Å². The van der Waals surface area contributed by atoms with Gasteiger partial charge < -0.3 is 14.5 Å². The van der Waals surface area contributed by atoms with Gasteiger partial charge in [-0.2, -0.15) is 5.10 Å². The summed E-state index contributed by atoms with van der Waals surface area (Å²) in [5.74, 6) is 0.864. The Morgan fingerprint density at radius 2 is 2.00 bits per heavy atom. The van der Waals surface area contributed by atoms with Crippen molar-refractivity contribution in [3.05, 3.63) is 47.8 Å². The lowest BCUT2D eigenvalue weighted by atomic mass is 10.0. The Morgan fingerprint density at radius 1 is 1.24 bits per heavy atom. The van der Waals surface area contributed by atoms with Crippen LogP contribution in [0.1, 0.15) is 54.0 Å². The van der Waals surface area contributed by atoms with Crippen LogP contribution < -0.4 is 4.74 Å². The van der Waals surface area contributed by atoms with Gasteiger partial charge >= 0.3 is 0 Å². The second-order valence-electron chi connectivity index (χ2n) is 7.99. The standard InChI is InChI=1S/C22H30N4O3/c1-16(2)14-17-15-29-20-9-5-4-8-18(20)21(27)25(3)12-6-7-13-26(17)22(28)19-10-11-23-24-19/h4-5,8-11,16-17H,6-7,12-15H2,1-3H3,(H,23,24)/t17-/m0/s1. The van der Waals surface area contributed by atoms with Gasteiger partial charge in [0.25, 0.3) is 11.8 Å². The Bertz CT molecular complexity index is 819. The molecule has 156 valence electrons. The second kappa shape index (κ2) is 9.58. The van der Waals surface area contributed by atoms with E-state index in [4.69, 9.17) is 4.74 Å². The number of hydrogen-bond donors (Lipinski definition) is 1. The highest BCUT2D eigenvalue weighted by Gasteiger charge is 2.28. The molecule has 1 N–H and O–H groups in total. The molecule has 0 spiro atoms. The van der Waals surface area contributed by atoms with E-state index in [2.05, 4.69) is 24.0 Å². The molecule has 0 aliphatic carbocycles. The molecule has 0 saturated carbocycles. The smallest absolute Gasteiger partial charge is 0.272 e. The molecule has 1 aromatic heterocycles. The molecule has 3 rings (SSSR count). The summed E-state index contributed by atoms with van der Waals surface area (Å²) in [5, 5.41) is 6.72. The molecule has 0 fully saturated rings. The topological polar surface area (TPSA) is 78.5 Å². The van der Waals surface area contributed by atoms with Crippen molar-refractivity contribution < 1.29 is 14.3 Å². The summed E-state index contributed by atoms with van der Waals surface area (Å²) in [7, 11) is 1.81. The van der Waals surface area contributed by atoms with Gasteiger partial charge in [0.15, 0.2) is 0 Å². The number of fused-ring (bicyclic) bond motifs is 1. The molecular weight excluding hydrogens is 368 g/mol. The van der Waals surface area contributed by atoms with Crippen molar-refractivity contribution >= 4 is 11.8 Å². The molecular formula is C22H30N4O3. The number of ether oxygens (including phenoxy) is 1. The maximum absolute atomic E-state index is 13.2. The van der Waals surface area contributed by atoms with Crippen LogP contribution in [0.2, 0.25) is 0 Å². The van der Waals surface area contributed by atoms with Gasteiger partial charge in [0.2, 0.25) is 0 Å². The zero-order valence-corrected chi connectivity index (χ0v) is 17.4. The highest BCUT2D eigenvalue weighted by molar-refractivity contribution is 5.96. The molecule has 0 radical (unpaired) electrons. The van der Waals surface area contributed by atoms with Gasteiger partial charge in [-0.15, -0.1) is 0 Å². The normalized spacial score (nSPS) is 18.6. The lowest BCUT2D eigenvalue weighted by molar-refractivity contribution is 0.0553. The molecule has 1 aliphatic rings. The van der Waals surface area contributed by atoms with Gasteiger partial charge in [0.1, 0.15) is 18.1 Å². The van der Waals surface area contributed by atoms with Gasteiger partial charge in [0, 0.05) is 26.3 Å². The molecule has 2 amide bonds. The summed E-state index contributed by atoms with van der Waals surface area (Å²) in [6, 6.07) is 8.94. The van der Waals surface area contributed by atoms with E-state index in [0.29, 0.717) is 42.6 Å². The average molecular weight is 399 g/mol. The Balaban J connectivity index is 1.91. The predicted molar refractivity (Wildman–Crippen MR) is 111 cm³/mol. The minimum absolute atomic E-state index is 0.0352.